The molecule has 5 rings (SSSR count). The molecule has 1 amide bonds. The van der Waals surface area contributed by atoms with Gasteiger partial charge < -0.3 is 14.6 Å². The smallest absolute Gasteiger partial charge is 0.115 e. The van der Waals surface area contributed by atoms with Crippen molar-refractivity contribution in [2.24, 2.45) is 0 Å². The zero-order valence-corrected chi connectivity index (χ0v) is 27.8. The molecule has 2 N–H and O–H groups in total. The molecule has 0 aliphatic carbocycles. The second-order valence-corrected chi connectivity index (χ2v) is 14.9. The van der Waals surface area contributed by atoms with Gasteiger partial charge in [-0.1, -0.05) is 24.3 Å². The number of anilines is 2. The number of carbonyl (C=O) groups is 1. The number of amides is 1. The molecule has 9 nitrogen and oxygen atoms in total. The molecule has 2 heterocycles. The zero-order chi connectivity index (χ0) is 32.0. The van der Waals surface area contributed by atoms with Crippen LogP contribution in [-0.2, 0) is 19.6 Å². The number of unbranched alkanes of at least 4 members (excludes halogenated alkanes) is 2. The fourth-order valence-electron chi connectivity index (χ4n) is 6.13. The molecule has 0 saturated carbocycles. The summed E-state index contributed by atoms with van der Waals surface area (Å²) >= 11 is 0.0283. The Bertz CT molecular complexity index is 1690. The molecule has 3 unspecified atom stereocenters. The number of hydrogen-bond acceptors (Lipinski definition) is 7. The molecular formula is C34H37N3O6SSe. The number of ether oxygens (including phenoxy) is 2. The third kappa shape index (κ3) is 7.05. The Hall–Kier alpha value is -3.81. The van der Waals surface area contributed by atoms with Gasteiger partial charge in [-0.3, -0.25) is 4.31 Å². The zero-order valence-electron chi connectivity index (χ0n) is 25.3. The van der Waals surface area contributed by atoms with E-state index >= 15 is 0 Å². The van der Waals surface area contributed by atoms with Gasteiger partial charge >= 0.3 is 113 Å². The third-order valence-corrected chi connectivity index (χ3v) is 11.8. The molecule has 11 heteroatoms. The summed E-state index contributed by atoms with van der Waals surface area (Å²) in [5.74, 6) is 0.553. The number of nitrogens with zero attached hydrogens (tertiary/aromatic N) is 2. The second kappa shape index (κ2) is 14.5. The van der Waals surface area contributed by atoms with Gasteiger partial charge in [0.05, 0.1) is 18.9 Å². The second-order valence-electron chi connectivity index (χ2n) is 11.0. The van der Waals surface area contributed by atoms with Gasteiger partial charge in [-0.15, -0.1) is 0 Å². The Balaban J connectivity index is 1.42. The summed E-state index contributed by atoms with van der Waals surface area (Å²) in [5.41, 5.74) is 4.50. The van der Waals surface area contributed by atoms with E-state index in [9.17, 15) is 18.3 Å². The van der Waals surface area contributed by atoms with E-state index < -0.39 is 27.5 Å². The maximum Gasteiger partial charge on any atom is 0.115 e. The number of fused-ring (bicyclic) bond motifs is 2. The Kier molecular flexibility index (Phi) is 10.5. The number of phenolic OH excluding ortho intramolecular Hbond substituents is 1. The molecule has 0 radical (unpaired) electrons. The number of sulfonamides is 1. The van der Waals surface area contributed by atoms with Gasteiger partial charge in [0.15, 0.2) is 0 Å². The van der Waals surface area contributed by atoms with Crippen LogP contribution in [0.5, 0.6) is 11.5 Å². The van der Waals surface area contributed by atoms with Gasteiger partial charge in [-0.05, 0) is 48.7 Å². The van der Waals surface area contributed by atoms with E-state index in [1.54, 1.807) is 43.3 Å². The van der Waals surface area contributed by atoms with Gasteiger partial charge in [0.25, 0.3) is 0 Å². The van der Waals surface area contributed by atoms with Crippen molar-refractivity contribution in [3.05, 3.63) is 83.9 Å². The summed E-state index contributed by atoms with van der Waals surface area (Å²) in [6.45, 7) is 2.04. The van der Waals surface area contributed by atoms with Crippen LogP contribution < -0.4 is 14.4 Å². The standard InChI is InChI=1S/C34H37N3O6SSe/c1-3-37(27-9-6-7-10-28(27)42-2)44(40,41)30-21-29-32(23-14-18-26(38)19-15-23)33(34(30)43-29)24-12-16-25(17-13-24)36-31(39)11-5-4-8-20-45-22-35/h6-7,9-10,12-19,29-30,34,38H,3-5,8,11,20-21H2,1-2H3,(H,36,39). The average Bonchev–Trinajstić information content (AvgIpc) is 3.64. The van der Waals surface area contributed by atoms with Crippen LogP contribution in [0.3, 0.4) is 0 Å². The van der Waals surface area contributed by atoms with Crippen molar-refractivity contribution in [3.63, 3.8) is 0 Å². The number of para-hydroxylation sites is 2. The molecular weight excluding hydrogens is 657 g/mol. The van der Waals surface area contributed by atoms with E-state index in [-0.39, 0.29) is 33.2 Å². The Labute approximate surface area is 271 Å². The van der Waals surface area contributed by atoms with Crippen molar-refractivity contribution in [2.45, 2.75) is 61.8 Å². The van der Waals surface area contributed by atoms with Crippen LogP contribution in [0.4, 0.5) is 11.4 Å². The number of carbonyl (C=O) groups excluding carboxylic acids is 1. The van der Waals surface area contributed by atoms with Crippen LogP contribution in [0, 0.1) is 10.2 Å². The normalized spacial score (nSPS) is 18.9. The number of methoxy groups -OCH3 is 1. The molecule has 3 aromatic carbocycles. The van der Waals surface area contributed by atoms with Gasteiger partial charge in [0, 0.05) is 6.54 Å². The Morgan fingerprint density at radius 3 is 2.42 bits per heavy atom. The fourth-order valence-corrected chi connectivity index (χ4v) is 9.09. The van der Waals surface area contributed by atoms with Crippen LogP contribution in [0.25, 0.3) is 11.1 Å². The van der Waals surface area contributed by atoms with Crippen LogP contribution in [0.15, 0.2) is 72.8 Å². The largest absolute Gasteiger partial charge is 0.508 e. The predicted octanol–water partition coefficient (Wildman–Crippen LogP) is 5.81. The molecule has 45 heavy (non-hydrogen) atoms. The van der Waals surface area contributed by atoms with E-state index in [1.165, 1.54) is 11.4 Å². The summed E-state index contributed by atoms with van der Waals surface area (Å²) in [6.07, 6.45) is 2.20. The number of benzene rings is 3. The molecule has 236 valence electrons. The van der Waals surface area contributed by atoms with E-state index in [4.69, 9.17) is 14.7 Å². The SMILES string of the molecule is CCN(c1ccccc1OC)S(=O)(=O)C1CC2OC1C(c1ccc(NC(=O)CCCCC[Se]C#N)cc1)=C2c1ccc(O)cc1. The molecule has 2 aliphatic heterocycles. The first-order chi connectivity index (χ1) is 21.8. The predicted molar refractivity (Wildman–Crippen MR) is 177 cm³/mol. The quantitative estimate of drug-likeness (QED) is 0.161. The van der Waals surface area contributed by atoms with Crippen molar-refractivity contribution in [1.82, 2.24) is 0 Å². The minimum absolute atomic E-state index is 0.0283. The molecule has 3 aromatic rings. The minimum atomic E-state index is -3.88. The van der Waals surface area contributed by atoms with Crippen molar-refractivity contribution in [3.8, 4) is 16.5 Å². The molecule has 2 aliphatic rings. The Morgan fingerprint density at radius 1 is 1.04 bits per heavy atom. The topological polar surface area (TPSA) is 129 Å². The van der Waals surface area contributed by atoms with Crippen molar-refractivity contribution < 1.29 is 27.8 Å². The number of aromatic hydroxyl groups is 1. The van der Waals surface area contributed by atoms with Crippen molar-refractivity contribution in [1.29, 1.82) is 5.26 Å². The minimum Gasteiger partial charge on any atom is -0.508 e. The molecule has 1 saturated heterocycles. The van der Waals surface area contributed by atoms with Crippen molar-refractivity contribution >= 4 is 53.4 Å². The number of hydrogen-bond donors (Lipinski definition) is 2. The van der Waals surface area contributed by atoms with Crippen LogP contribution in [0.1, 0.15) is 50.2 Å². The van der Waals surface area contributed by atoms with Gasteiger partial charge in [-0.2, -0.15) is 0 Å². The van der Waals surface area contributed by atoms with E-state index in [2.05, 4.69) is 10.3 Å². The first-order valence-electron chi connectivity index (χ1n) is 15.0. The number of nitrogens with one attached hydrogen (secondary N) is 1. The Morgan fingerprint density at radius 2 is 1.73 bits per heavy atom. The summed E-state index contributed by atoms with van der Waals surface area (Å²) in [5, 5.41) is 21.6. The maximum atomic E-state index is 14.3. The average molecular weight is 695 g/mol. The molecule has 0 spiro atoms. The van der Waals surface area contributed by atoms with Crippen LogP contribution in [-0.4, -0.2) is 65.5 Å². The first-order valence-corrected chi connectivity index (χ1v) is 18.6. The van der Waals surface area contributed by atoms with E-state index in [1.807, 2.05) is 36.4 Å². The monoisotopic (exact) mass is 695 g/mol. The summed E-state index contributed by atoms with van der Waals surface area (Å²) in [4.78, 5) is 14.7. The number of phenols is 1. The fraction of sp³-hybridized carbons (Fsp3) is 0.353. The summed E-state index contributed by atoms with van der Waals surface area (Å²) in [7, 11) is -2.35. The van der Waals surface area contributed by atoms with Gasteiger partial charge in [0.2, 0.25) is 10.0 Å². The first kappa shape index (κ1) is 32.6. The van der Waals surface area contributed by atoms with Gasteiger partial charge in [-0.25, -0.2) is 8.42 Å². The van der Waals surface area contributed by atoms with E-state index in [0.29, 0.717) is 30.0 Å². The number of nitriles is 1. The van der Waals surface area contributed by atoms with Crippen LogP contribution >= 0.6 is 0 Å². The van der Waals surface area contributed by atoms with E-state index in [0.717, 1.165) is 46.9 Å². The molecule has 2 bridgehead atoms. The van der Waals surface area contributed by atoms with Crippen LogP contribution in [0.2, 0.25) is 5.32 Å². The summed E-state index contributed by atoms with van der Waals surface area (Å²) in [6, 6.07) is 21.4. The maximum absolute atomic E-state index is 14.3. The molecule has 1 fully saturated rings. The molecule has 0 aromatic heterocycles. The van der Waals surface area contributed by atoms with Crippen molar-refractivity contribution in [2.75, 3.05) is 23.3 Å². The summed E-state index contributed by atoms with van der Waals surface area (Å²) < 4.78 is 41.9. The number of rotatable bonds is 14. The van der Waals surface area contributed by atoms with Gasteiger partial charge in [0.1, 0.15) is 22.9 Å². The molecule has 3 atom stereocenters. The third-order valence-electron chi connectivity index (χ3n) is 8.20.